The van der Waals surface area contributed by atoms with Crippen molar-refractivity contribution in [1.29, 1.82) is 0 Å². The molecule has 0 heterocycles. The van der Waals surface area contributed by atoms with Gasteiger partial charge in [-0.05, 0) is 46.1 Å². The second kappa shape index (κ2) is 7.54. The minimum absolute atomic E-state index is 0.269. The lowest BCUT2D eigenvalue weighted by Gasteiger charge is -2.20. The Morgan fingerprint density at radius 3 is 2.71 bits per heavy atom. The summed E-state index contributed by atoms with van der Waals surface area (Å²) in [5, 5.41) is 0. The lowest BCUT2D eigenvalue weighted by atomic mass is 9.98. The van der Waals surface area contributed by atoms with Crippen LogP contribution in [-0.4, -0.2) is 6.61 Å². The first-order valence-electron chi connectivity index (χ1n) is 6.80. The zero-order valence-corrected chi connectivity index (χ0v) is 13.4. The van der Waals surface area contributed by atoms with Crippen LogP contribution in [0.1, 0.15) is 30.5 Å². The van der Waals surface area contributed by atoms with Gasteiger partial charge in [0.25, 0.3) is 0 Å². The Labute approximate surface area is 132 Å². The molecule has 2 aromatic carbocycles. The molecular weight excluding hydrogens is 335 g/mol. The molecule has 0 spiro atoms. The highest BCUT2D eigenvalue weighted by Crippen LogP contribution is 2.31. The van der Waals surface area contributed by atoms with E-state index in [1.807, 2.05) is 24.3 Å². The van der Waals surface area contributed by atoms with Gasteiger partial charge in [-0.1, -0.05) is 31.2 Å². The number of para-hydroxylation sites is 1. The van der Waals surface area contributed by atoms with Crippen LogP contribution in [0.4, 0.5) is 4.39 Å². The van der Waals surface area contributed by atoms with Crippen LogP contribution in [0.2, 0.25) is 0 Å². The summed E-state index contributed by atoms with van der Waals surface area (Å²) in [6.07, 6.45) is 0.928. The Kier molecular flexibility index (Phi) is 5.73. The number of hydrazine groups is 1. The van der Waals surface area contributed by atoms with Crippen LogP contribution in [-0.2, 0) is 0 Å². The molecule has 0 aromatic heterocycles. The first-order valence-corrected chi connectivity index (χ1v) is 7.59. The number of ether oxygens (including phenoxy) is 1. The molecule has 21 heavy (non-hydrogen) atoms. The quantitative estimate of drug-likeness (QED) is 0.611. The van der Waals surface area contributed by atoms with Crippen LogP contribution in [0.5, 0.6) is 5.75 Å². The Balaban J connectivity index is 2.38. The molecule has 2 aromatic rings. The largest absolute Gasteiger partial charge is 0.493 e. The number of rotatable bonds is 6. The molecule has 112 valence electrons. The van der Waals surface area contributed by atoms with E-state index < -0.39 is 0 Å². The van der Waals surface area contributed by atoms with Gasteiger partial charge in [-0.3, -0.25) is 5.84 Å². The Morgan fingerprint density at radius 2 is 2.05 bits per heavy atom. The van der Waals surface area contributed by atoms with Gasteiger partial charge >= 0.3 is 0 Å². The molecule has 2 rings (SSSR count). The predicted octanol–water partition coefficient (Wildman–Crippen LogP) is 3.93. The van der Waals surface area contributed by atoms with Gasteiger partial charge in [-0.15, -0.1) is 0 Å². The van der Waals surface area contributed by atoms with Crippen LogP contribution in [0.3, 0.4) is 0 Å². The molecule has 0 bridgehead atoms. The second-order valence-electron chi connectivity index (χ2n) is 4.66. The number of hydrogen-bond donors (Lipinski definition) is 2. The highest BCUT2D eigenvalue weighted by atomic mass is 79.9. The standard InChI is InChI=1S/C16H18BrFN2O/c1-2-9-21-15-6-4-3-5-12(15)16(20-19)11-7-8-14(18)13(17)10-11/h3-8,10,16,20H,2,9,19H2,1H3. The van der Waals surface area contributed by atoms with Gasteiger partial charge in [0.05, 0.1) is 17.1 Å². The van der Waals surface area contributed by atoms with Crippen molar-refractivity contribution in [3.8, 4) is 5.75 Å². The van der Waals surface area contributed by atoms with Crippen molar-refractivity contribution in [3.05, 3.63) is 63.9 Å². The fourth-order valence-electron chi connectivity index (χ4n) is 2.12. The van der Waals surface area contributed by atoms with Gasteiger partial charge < -0.3 is 4.74 Å². The minimum Gasteiger partial charge on any atom is -0.493 e. The fourth-order valence-corrected chi connectivity index (χ4v) is 2.52. The van der Waals surface area contributed by atoms with Crippen molar-refractivity contribution in [3.63, 3.8) is 0 Å². The number of nitrogens with one attached hydrogen (secondary N) is 1. The summed E-state index contributed by atoms with van der Waals surface area (Å²) < 4.78 is 19.6. The maximum Gasteiger partial charge on any atom is 0.137 e. The zero-order valence-electron chi connectivity index (χ0n) is 11.8. The number of nitrogens with two attached hydrogens (primary N) is 1. The first kappa shape index (κ1) is 15.9. The lowest BCUT2D eigenvalue weighted by Crippen LogP contribution is -2.29. The molecule has 5 heteroatoms. The first-order chi connectivity index (χ1) is 10.2. The number of halogens is 2. The van der Waals surface area contributed by atoms with Crippen LogP contribution < -0.4 is 16.0 Å². The summed E-state index contributed by atoms with van der Waals surface area (Å²) >= 11 is 3.20. The maximum absolute atomic E-state index is 13.4. The van der Waals surface area contributed by atoms with Gasteiger partial charge in [0.1, 0.15) is 11.6 Å². The monoisotopic (exact) mass is 352 g/mol. The average molecular weight is 353 g/mol. The Bertz CT molecular complexity index is 607. The minimum atomic E-state index is -0.301. The van der Waals surface area contributed by atoms with Crippen LogP contribution >= 0.6 is 15.9 Å². The molecule has 0 aliphatic rings. The smallest absolute Gasteiger partial charge is 0.137 e. The fraction of sp³-hybridized carbons (Fsp3) is 0.250. The highest BCUT2D eigenvalue weighted by molar-refractivity contribution is 9.10. The van der Waals surface area contributed by atoms with E-state index in [-0.39, 0.29) is 11.9 Å². The third-order valence-electron chi connectivity index (χ3n) is 3.14. The third-order valence-corrected chi connectivity index (χ3v) is 3.74. The van der Waals surface area contributed by atoms with Gasteiger partial charge in [0, 0.05) is 5.56 Å². The topological polar surface area (TPSA) is 47.3 Å². The Morgan fingerprint density at radius 1 is 1.29 bits per heavy atom. The number of hydrogen-bond acceptors (Lipinski definition) is 3. The van der Waals surface area contributed by atoms with Crippen molar-refractivity contribution in [2.45, 2.75) is 19.4 Å². The van der Waals surface area contributed by atoms with E-state index >= 15 is 0 Å². The summed E-state index contributed by atoms with van der Waals surface area (Å²) in [6.45, 7) is 2.69. The molecule has 0 saturated heterocycles. The molecule has 3 nitrogen and oxygen atoms in total. The molecule has 3 N–H and O–H groups in total. The van der Waals surface area contributed by atoms with Crippen LogP contribution in [0.25, 0.3) is 0 Å². The molecule has 0 aliphatic carbocycles. The van der Waals surface area contributed by atoms with E-state index in [9.17, 15) is 4.39 Å². The summed E-state index contributed by atoms with van der Waals surface area (Å²) in [5.41, 5.74) is 4.56. The van der Waals surface area contributed by atoms with Crippen molar-refractivity contribution >= 4 is 15.9 Å². The molecule has 0 amide bonds. The summed E-state index contributed by atoms with van der Waals surface area (Å²) in [7, 11) is 0. The van der Waals surface area contributed by atoms with Crippen molar-refractivity contribution in [2.75, 3.05) is 6.61 Å². The van der Waals surface area contributed by atoms with Crippen molar-refractivity contribution < 1.29 is 9.13 Å². The Hall–Kier alpha value is -1.43. The van der Waals surface area contributed by atoms with Gasteiger partial charge in [0.2, 0.25) is 0 Å². The summed E-state index contributed by atoms with van der Waals surface area (Å²) in [6, 6.07) is 12.3. The van der Waals surface area contributed by atoms with Crippen molar-refractivity contribution in [2.24, 2.45) is 5.84 Å². The van der Waals surface area contributed by atoms with Gasteiger partial charge in [-0.25, -0.2) is 9.82 Å². The van der Waals surface area contributed by atoms with E-state index in [0.29, 0.717) is 11.1 Å². The molecular formula is C16H18BrFN2O. The summed E-state index contributed by atoms with van der Waals surface area (Å²) in [5.74, 6) is 6.19. The van der Waals surface area contributed by atoms with Crippen molar-refractivity contribution in [1.82, 2.24) is 5.43 Å². The lowest BCUT2D eigenvalue weighted by molar-refractivity contribution is 0.311. The van der Waals surface area contributed by atoms with E-state index in [4.69, 9.17) is 10.6 Å². The summed E-state index contributed by atoms with van der Waals surface area (Å²) in [4.78, 5) is 0. The van der Waals surface area contributed by atoms with Gasteiger partial charge in [-0.2, -0.15) is 0 Å². The molecule has 0 radical (unpaired) electrons. The van der Waals surface area contributed by atoms with E-state index in [2.05, 4.69) is 28.3 Å². The second-order valence-corrected chi connectivity index (χ2v) is 5.51. The molecule has 1 unspecified atom stereocenters. The highest BCUT2D eigenvalue weighted by Gasteiger charge is 2.18. The van der Waals surface area contributed by atoms with Gasteiger partial charge in [0.15, 0.2) is 0 Å². The normalized spacial score (nSPS) is 12.2. The SMILES string of the molecule is CCCOc1ccccc1C(NN)c1ccc(F)c(Br)c1. The molecule has 0 fully saturated rings. The molecule has 1 atom stereocenters. The predicted molar refractivity (Wildman–Crippen MR) is 85.5 cm³/mol. The maximum atomic E-state index is 13.4. The zero-order chi connectivity index (χ0) is 15.2. The van der Waals surface area contributed by atoms with E-state index in [0.717, 1.165) is 23.3 Å². The molecule has 0 saturated carbocycles. The van der Waals surface area contributed by atoms with E-state index in [1.165, 1.54) is 6.07 Å². The van der Waals surface area contributed by atoms with Crippen LogP contribution in [0.15, 0.2) is 46.9 Å². The average Bonchev–Trinajstić information content (AvgIpc) is 2.50. The van der Waals surface area contributed by atoms with Crippen LogP contribution in [0, 0.1) is 5.82 Å². The van der Waals surface area contributed by atoms with E-state index in [1.54, 1.807) is 12.1 Å². The molecule has 0 aliphatic heterocycles. The third kappa shape index (κ3) is 3.81. The number of benzene rings is 2.